The molecule has 3 heteroatoms. The average molecular weight is 215 g/mol. The minimum Gasteiger partial charge on any atom is -0.465 e. The van der Waals surface area contributed by atoms with Gasteiger partial charge in [-0.15, -0.1) is 0 Å². The fourth-order valence-electron chi connectivity index (χ4n) is 1.84. The Morgan fingerprint density at radius 3 is 2.75 bits per heavy atom. The normalized spacial score (nSPS) is 10.3. The number of hydrogen-bond donors (Lipinski definition) is 2. The molecule has 2 aromatic rings. The van der Waals surface area contributed by atoms with Crippen molar-refractivity contribution < 1.29 is 9.90 Å². The average Bonchev–Trinajstić information content (AvgIpc) is 2.27. The summed E-state index contributed by atoms with van der Waals surface area (Å²) in [7, 11) is 0. The van der Waals surface area contributed by atoms with Crippen molar-refractivity contribution in [3.8, 4) is 0 Å². The van der Waals surface area contributed by atoms with E-state index in [0.29, 0.717) is 6.54 Å². The fourth-order valence-corrected chi connectivity index (χ4v) is 1.84. The van der Waals surface area contributed by atoms with Gasteiger partial charge in [0.05, 0.1) is 0 Å². The standard InChI is InChI=1S/C13H13NO2/c1-9-6-7-10-4-2-3-5-11(10)12(9)8-14-13(15)16/h2-7,14H,8H2,1H3,(H,15,16). The molecule has 0 heterocycles. The van der Waals surface area contributed by atoms with Crippen molar-refractivity contribution in [2.24, 2.45) is 0 Å². The molecule has 82 valence electrons. The zero-order valence-electron chi connectivity index (χ0n) is 9.03. The second kappa shape index (κ2) is 4.23. The third kappa shape index (κ3) is 1.98. The van der Waals surface area contributed by atoms with Gasteiger partial charge in [0.25, 0.3) is 0 Å². The Labute approximate surface area is 93.7 Å². The van der Waals surface area contributed by atoms with Crippen LogP contribution in [0.5, 0.6) is 0 Å². The van der Waals surface area contributed by atoms with E-state index >= 15 is 0 Å². The van der Waals surface area contributed by atoms with Gasteiger partial charge in [-0.05, 0) is 28.8 Å². The summed E-state index contributed by atoms with van der Waals surface area (Å²) in [5, 5.41) is 13.3. The number of amides is 1. The molecule has 0 aliphatic rings. The highest BCUT2D eigenvalue weighted by Crippen LogP contribution is 2.21. The van der Waals surface area contributed by atoms with E-state index < -0.39 is 6.09 Å². The van der Waals surface area contributed by atoms with Gasteiger partial charge in [-0.1, -0.05) is 36.4 Å². The van der Waals surface area contributed by atoms with E-state index in [-0.39, 0.29) is 0 Å². The van der Waals surface area contributed by atoms with E-state index in [9.17, 15) is 4.79 Å². The van der Waals surface area contributed by atoms with Gasteiger partial charge in [0.1, 0.15) is 0 Å². The molecule has 0 unspecified atom stereocenters. The Balaban J connectivity index is 2.48. The Morgan fingerprint density at radius 1 is 1.25 bits per heavy atom. The molecule has 0 atom stereocenters. The second-order valence-corrected chi connectivity index (χ2v) is 3.74. The SMILES string of the molecule is Cc1ccc2ccccc2c1CNC(=O)O. The van der Waals surface area contributed by atoms with Crippen LogP contribution in [0.3, 0.4) is 0 Å². The number of rotatable bonds is 2. The lowest BCUT2D eigenvalue weighted by Gasteiger charge is -2.09. The Morgan fingerprint density at radius 2 is 2.00 bits per heavy atom. The third-order valence-corrected chi connectivity index (χ3v) is 2.69. The largest absolute Gasteiger partial charge is 0.465 e. The number of aryl methyl sites for hydroxylation is 1. The minimum atomic E-state index is -0.993. The van der Waals surface area contributed by atoms with Crippen LogP contribution in [-0.4, -0.2) is 11.2 Å². The number of hydrogen-bond acceptors (Lipinski definition) is 1. The fraction of sp³-hybridized carbons (Fsp3) is 0.154. The van der Waals surface area contributed by atoms with Gasteiger partial charge in [-0.3, -0.25) is 0 Å². The molecule has 1 amide bonds. The first-order valence-corrected chi connectivity index (χ1v) is 5.12. The van der Waals surface area contributed by atoms with Gasteiger partial charge in [0, 0.05) is 6.54 Å². The number of fused-ring (bicyclic) bond motifs is 1. The van der Waals surface area contributed by atoms with Crippen molar-refractivity contribution in [3.05, 3.63) is 47.5 Å². The van der Waals surface area contributed by atoms with Crippen LogP contribution in [0.15, 0.2) is 36.4 Å². The van der Waals surface area contributed by atoms with Crippen molar-refractivity contribution in [3.63, 3.8) is 0 Å². The quantitative estimate of drug-likeness (QED) is 0.809. The van der Waals surface area contributed by atoms with Crippen LogP contribution in [0.25, 0.3) is 10.8 Å². The van der Waals surface area contributed by atoms with Crippen molar-refractivity contribution in [2.75, 3.05) is 0 Å². The molecule has 0 radical (unpaired) electrons. The number of nitrogens with one attached hydrogen (secondary N) is 1. The Hall–Kier alpha value is -2.03. The molecule has 0 aliphatic heterocycles. The number of benzene rings is 2. The van der Waals surface area contributed by atoms with Gasteiger partial charge in [0.15, 0.2) is 0 Å². The maximum atomic E-state index is 10.5. The van der Waals surface area contributed by atoms with Crippen molar-refractivity contribution in [1.82, 2.24) is 5.32 Å². The molecule has 0 fully saturated rings. The van der Waals surface area contributed by atoms with Gasteiger partial charge >= 0.3 is 6.09 Å². The zero-order valence-corrected chi connectivity index (χ0v) is 9.03. The van der Waals surface area contributed by atoms with Crippen molar-refractivity contribution >= 4 is 16.9 Å². The summed E-state index contributed by atoms with van der Waals surface area (Å²) in [4.78, 5) is 10.5. The highest BCUT2D eigenvalue weighted by Gasteiger charge is 2.05. The van der Waals surface area contributed by atoms with Gasteiger partial charge in [-0.25, -0.2) is 4.79 Å². The van der Waals surface area contributed by atoms with E-state index in [4.69, 9.17) is 5.11 Å². The monoisotopic (exact) mass is 215 g/mol. The van der Waals surface area contributed by atoms with Crippen LogP contribution in [0.4, 0.5) is 4.79 Å². The second-order valence-electron chi connectivity index (χ2n) is 3.74. The molecule has 3 nitrogen and oxygen atoms in total. The van der Waals surface area contributed by atoms with Crippen LogP contribution in [0.2, 0.25) is 0 Å². The van der Waals surface area contributed by atoms with Crippen LogP contribution < -0.4 is 5.32 Å². The molecule has 2 aromatic carbocycles. The zero-order chi connectivity index (χ0) is 11.5. The summed E-state index contributed by atoms with van der Waals surface area (Å²) in [6, 6.07) is 12.1. The first kappa shape index (κ1) is 10.5. The van der Waals surface area contributed by atoms with Crippen LogP contribution in [0, 0.1) is 6.92 Å². The summed E-state index contributed by atoms with van der Waals surface area (Å²) >= 11 is 0. The van der Waals surface area contributed by atoms with Gasteiger partial charge in [0.2, 0.25) is 0 Å². The minimum absolute atomic E-state index is 0.350. The van der Waals surface area contributed by atoms with Gasteiger partial charge in [-0.2, -0.15) is 0 Å². The molecule has 16 heavy (non-hydrogen) atoms. The molecular weight excluding hydrogens is 202 g/mol. The first-order chi connectivity index (χ1) is 7.68. The maximum Gasteiger partial charge on any atom is 0.404 e. The van der Waals surface area contributed by atoms with E-state index in [2.05, 4.69) is 11.4 Å². The highest BCUT2D eigenvalue weighted by atomic mass is 16.4. The van der Waals surface area contributed by atoms with E-state index in [1.54, 1.807) is 0 Å². The lowest BCUT2D eigenvalue weighted by molar-refractivity contribution is 0.194. The summed E-state index contributed by atoms with van der Waals surface area (Å²) in [5.74, 6) is 0. The molecular formula is C13H13NO2. The molecule has 0 aliphatic carbocycles. The van der Waals surface area contributed by atoms with E-state index in [1.807, 2.05) is 37.3 Å². The summed E-state index contributed by atoms with van der Waals surface area (Å²) in [5.41, 5.74) is 2.15. The predicted octanol–water partition coefficient (Wildman–Crippen LogP) is 2.92. The number of carboxylic acid groups (broad SMARTS) is 1. The molecule has 2 rings (SSSR count). The predicted molar refractivity (Wildman–Crippen MR) is 63.5 cm³/mol. The maximum absolute atomic E-state index is 10.5. The van der Waals surface area contributed by atoms with E-state index in [0.717, 1.165) is 21.9 Å². The van der Waals surface area contributed by atoms with Crippen LogP contribution >= 0.6 is 0 Å². The molecule has 0 saturated heterocycles. The highest BCUT2D eigenvalue weighted by molar-refractivity contribution is 5.87. The lowest BCUT2D eigenvalue weighted by Crippen LogP contribution is -2.20. The number of carbonyl (C=O) groups is 1. The summed E-state index contributed by atoms with van der Waals surface area (Å²) in [6.07, 6.45) is -0.993. The third-order valence-electron chi connectivity index (χ3n) is 2.69. The summed E-state index contributed by atoms with van der Waals surface area (Å²) < 4.78 is 0. The smallest absolute Gasteiger partial charge is 0.404 e. The summed E-state index contributed by atoms with van der Waals surface area (Å²) in [6.45, 7) is 2.34. The Kier molecular flexibility index (Phi) is 2.77. The van der Waals surface area contributed by atoms with Gasteiger partial charge < -0.3 is 10.4 Å². The van der Waals surface area contributed by atoms with Crippen molar-refractivity contribution in [1.29, 1.82) is 0 Å². The first-order valence-electron chi connectivity index (χ1n) is 5.12. The topological polar surface area (TPSA) is 49.3 Å². The molecule has 0 bridgehead atoms. The van der Waals surface area contributed by atoms with Crippen molar-refractivity contribution in [2.45, 2.75) is 13.5 Å². The molecule has 0 aromatic heterocycles. The lowest BCUT2D eigenvalue weighted by atomic mass is 10.00. The molecule has 2 N–H and O–H groups in total. The van der Waals surface area contributed by atoms with Crippen LogP contribution in [0.1, 0.15) is 11.1 Å². The van der Waals surface area contributed by atoms with Crippen LogP contribution in [-0.2, 0) is 6.54 Å². The Bertz CT molecular complexity index is 534. The van der Waals surface area contributed by atoms with E-state index in [1.165, 1.54) is 0 Å². The molecule has 0 spiro atoms. The molecule has 0 saturated carbocycles.